The van der Waals surface area contributed by atoms with E-state index in [1.54, 1.807) is 11.8 Å². The molecule has 1 fully saturated rings. The molecule has 1 unspecified atom stereocenters. The van der Waals surface area contributed by atoms with Crippen molar-refractivity contribution in [2.24, 2.45) is 18.7 Å². The van der Waals surface area contributed by atoms with Crippen LogP contribution in [0.1, 0.15) is 36.1 Å². The number of ether oxygens (including phenoxy) is 1. The van der Waals surface area contributed by atoms with E-state index < -0.39 is 0 Å². The molecule has 0 radical (unpaired) electrons. The van der Waals surface area contributed by atoms with Crippen molar-refractivity contribution in [3.63, 3.8) is 0 Å². The van der Waals surface area contributed by atoms with E-state index in [-0.39, 0.29) is 36.8 Å². The summed E-state index contributed by atoms with van der Waals surface area (Å²) in [5.74, 6) is 1.20. The summed E-state index contributed by atoms with van der Waals surface area (Å²) in [5, 5.41) is 8.23. The molecule has 0 aromatic carbocycles. The Hall–Kier alpha value is -1.57. The lowest BCUT2D eigenvalue weighted by Crippen LogP contribution is -2.38. The minimum Gasteiger partial charge on any atom is -0.479 e. The quantitative estimate of drug-likeness (QED) is 0.719. The molecule has 0 saturated heterocycles. The van der Waals surface area contributed by atoms with E-state index in [0.717, 1.165) is 27.9 Å². The predicted molar refractivity (Wildman–Crippen MR) is 111 cm³/mol. The Morgan fingerprint density at radius 1 is 1.37 bits per heavy atom. The van der Waals surface area contributed by atoms with Crippen LogP contribution < -0.4 is 15.8 Å². The number of rotatable bonds is 7. The number of nitrogens with two attached hydrogens (primary N) is 1. The molecule has 0 spiro atoms. The highest BCUT2D eigenvalue weighted by atomic mass is 35.5. The number of methoxy groups -OCH3 is 1. The molecule has 1 amide bonds. The summed E-state index contributed by atoms with van der Waals surface area (Å²) in [4.78, 5) is 16.8. The Morgan fingerprint density at radius 2 is 2.04 bits per heavy atom. The van der Waals surface area contributed by atoms with Crippen LogP contribution in [-0.2, 0) is 18.3 Å². The molecule has 1 saturated carbocycles. The second-order valence-electron chi connectivity index (χ2n) is 6.94. The lowest BCUT2D eigenvalue weighted by molar-refractivity contribution is -0.121. The molecular formula is C18H29Cl2N5O2. The van der Waals surface area contributed by atoms with E-state index in [0.29, 0.717) is 31.2 Å². The van der Waals surface area contributed by atoms with Gasteiger partial charge in [-0.05, 0) is 50.2 Å². The monoisotopic (exact) mass is 417 g/mol. The number of hydrogen-bond acceptors (Lipinski definition) is 5. The maximum absolute atomic E-state index is 12.1. The number of pyridine rings is 1. The number of aryl methyl sites for hydroxylation is 3. The molecule has 3 N–H and O–H groups in total. The molecule has 2 heterocycles. The van der Waals surface area contributed by atoms with E-state index in [4.69, 9.17) is 10.5 Å². The Kier molecular flexibility index (Phi) is 8.32. The number of carbonyl (C=O) groups is 1. The van der Waals surface area contributed by atoms with Gasteiger partial charge in [0.1, 0.15) is 0 Å². The molecule has 0 bridgehead atoms. The van der Waals surface area contributed by atoms with Gasteiger partial charge in [-0.15, -0.1) is 29.9 Å². The van der Waals surface area contributed by atoms with Crippen molar-refractivity contribution in [3.05, 3.63) is 16.8 Å². The molecule has 1 aliphatic carbocycles. The van der Waals surface area contributed by atoms with Crippen LogP contribution in [0, 0.1) is 19.8 Å². The van der Waals surface area contributed by atoms with Crippen molar-refractivity contribution in [2.45, 2.75) is 45.6 Å². The minimum absolute atomic E-state index is 0. The van der Waals surface area contributed by atoms with Gasteiger partial charge >= 0.3 is 0 Å². The summed E-state index contributed by atoms with van der Waals surface area (Å²) >= 11 is 0. The Bertz CT molecular complexity index is 805. The van der Waals surface area contributed by atoms with Gasteiger partial charge in [0.2, 0.25) is 11.8 Å². The second-order valence-corrected chi connectivity index (χ2v) is 6.94. The third-order valence-corrected chi connectivity index (χ3v) is 5.08. The van der Waals surface area contributed by atoms with Crippen molar-refractivity contribution in [1.82, 2.24) is 20.1 Å². The highest BCUT2D eigenvalue weighted by Gasteiger charge is 2.28. The molecule has 27 heavy (non-hydrogen) atoms. The van der Waals surface area contributed by atoms with Crippen LogP contribution >= 0.6 is 24.8 Å². The van der Waals surface area contributed by atoms with E-state index in [1.165, 1.54) is 12.8 Å². The smallest absolute Gasteiger partial charge is 0.242 e. The van der Waals surface area contributed by atoms with Gasteiger partial charge < -0.3 is 15.8 Å². The van der Waals surface area contributed by atoms with Crippen LogP contribution in [0.25, 0.3) is 11.0 Å². The van der Waals surface area contributed by atoms with Gasteiger partial charge in [-0.25, -0.2) is 9.67 Å². The first-order chi connectivity index (χ1) is 11.9. The standard InChI is InChI=1S/C18H27N5O2.2ClH/c1-10-13(7-8-15(24)20-9-14(19)12-5-6-12)11(2)21-17-16(10)18(25-4)22-23(17)3;;/h12,14H,5-9,19H2,1-4H3,(H,20,24);2*1H. The average molecular weight is 418 g/mol. The van der Waals surface area contributed by atoms with Crippen molar-refractivity contribution < 1.29 is 9.53 Å². The van der Waals surface area contributed by atoms with Crippen molar-refractivity contribution >= 4 is 41.8 Å². The number of hydrogen-bond donors (Lipinski definition) is 2. The number of aromatic nitrogens is 3. The number of amides is 1. The highest BCUT2D eigenvalue weighted by molar-refractivity contribution is 5.86. The molecule has 2 aromatic rings. The van der Waals surface area contributed by atoms with Gasteiger partial charge in [0, 0.05) is 31.7 Å². The summed E-state index contributed by atoms with van der Waals surface area (Å²) in [6.07, 6.45) is 3.44. The molecule has 9 heteroatoms. The fourth-order valence-corrected chi connectivity index (χ4v) is 3.36. The normalized spacial score (nSPS) is 14.3. The molecule has 3 rings (SSSR count). The zero-order chi connectivity index (χ0) is 18.1. The van der Waals surface area contributed by atoms with Gasteiger partial charge in [0.15, 0.2) is 5.65 Å². The SMILES string of the molecule is COc1nn(C)c2nc(C)c(CCC(=O)NCC(N)C3CC3)c(C)c12.Cl.Cl. The Morgan fingerprint density at radius 3 is 2.63 bits per heavy atom. The third-order valence-electron chi connectivity index (χ3n) is 5.08. The molecule has 0 aliphatic heterocycles. The molecule has 152 valence electrons. The van der Waals surface area contributed by atoms with Crippen LogP contribution in [0.4, 0.5) is 0 Å². The fraction of sp³-hybridized carbons (Fsp3) is 0.611. The summed E-state index contributed by atoms with van der Waals surface area (Å²) in [6, 6.07) is 0.0880. The number of nitrogens with one attached hydrogen (secondary N) is 1. The zero-order valence-corrected chi connectivity index (χ0v) is 17.9. The van der Waals surface area contributed by atoms with Gasteiger partial charge in [-0.1, -0.05) is 0 Å². The summed E-state index contributed by atoms with van der Waals surface area (Å²) in [6.45, 7) is 4.58. The molecule has 1 aliphatic rings. The van der Waals surface area contributed by atoms with Gasteiger partial charge in [0.05, 0.1) is 12.5 Å². The Labute approximate surface area is 172 Å². The number of carbonyl (C=O) groups excluding carboxylic acids is 1. The van der Waals surface area contributed by atoms with E-state index in [2.05, 4.69) is 15.4 Å². The van der Waals surface area contributed by atoms with Crippen molar-refractivity contribution in [1.29, 1.82) is 0 Å². The molecule has 2 aromatic heterocycles. The van der Waals surface area contributed by atoms with Crippen molar-refractivity contribution in [3.8, 4) is 5.88 Å². The first-order valence-corrected chi connectivity index (χ1v) is 8.81. The van der Waals surface area contributed by atoms with Gasteiger partial charge in [-0.2, -0.15) is 0 Å². The third kappa shape index (κ3) is 5.03. The number of halogens is 2. The van der Waals surface area contributed by atoms with Crippen LogP contribution in [0.3, 0.4) is 0 Å². The summed E-state index contributed by atoms with van der Waals surface area (Å²) in [5.41, 5.74) is 9.92. The first-order valence-electron chi connectivity index (χ1n) is 8.81. The number of nitrogens with zero attached hydrogens (tertiary/aromatic N) is 3. The minimum atomic E-state index is 0. The fourth-order valence-electron chi connectivity index (χ4n) is 3.36. The zero-order valence-electron chi connectivity index (χ0n) is 16.2. The maximum atomic E-state index is 12.1. The van der Waals surface area contributed by atoms with E-state index >= 15 is 0 Å². The average Bonchev–Trinajstić information content (AvgIpc) is 3.37. The predicted octanol–water partition coefficient (Wildman–Crippen LogP) is 2.22. The molecular weight excluding hydrogens is 389 g/mol. The van der Waals surface area contributed by atoms with E-state index in [1.807, 2.05) is 20.9 Å². The summed E-state index contributed by atoms with van der Waals surface area (Å²) < 4.78 is 7.10. The van der Waals surface area contributed by atoms with Gasteiger partial charge in [0.25, 0.3) is 0 Å². The molecule has 7 nitrogen and oxygen atoms in total. The largest absolute Gasteiger partial charge is 0.479 e. The van der Waals surface area contributed by atoms with Crippen LogP contribution in [0.15, 0.2) is 0 Å². The topological polar surface area (TPSA) is 95.1 Å². The van der Waals surface area contributed by atoms with Crippen LogP contribution in [0.2, 0.25) is 0 Å². The number of fused-ring (bicyclic) bond motifs is 1. The highest BCUT2D eigenvalue weighted by Crippen LogP contribution is 2.31. The lowest BCUT2D eigenvalue weighted by atomic mass is 10.00. The molecule has 1 atom stereocenters. The maximum Gasteiger partial charge on any atom is 0.242 e. The van der Waals surface area contributed by atoms with Crippen LogP contribution in [0.5, 0.6) is 5.88 Å². The first kappa shape index (κ1) is 23.5. The van der Waals surface area contributed by atoms with Crippen LogP contribution in [-0.4, -0.2) is 40.4 Å². The van der Waals surface area contributed by atoms with E-state index in [9.17, 15) is 4.79 Å². The Balaban J connectivity index is 0.00000182. The summed E-state index contributed by atoms with van der Waals surface area (Å²) in [7, 11) is 3.46. The second kappa shape index (κ2) is 9.57. The lowest BCUT2D eigenvalue weighted by Gasteiger charge is -2.13. The van der Waals surface area contributed by atoms with Gasteiger partial charge in [-0.3, -0.25) is 4.79 Å². The van der Waals surface area contributed by atoms with Crippen molar-refractivity contribution in [2.75, 3.05) is 13.7 Å².